The lowest BCUT2D eigenvalue weighted by Crippen LogP contribution is -2.53. The number of guanidine groups is 1. The number of nitrogens with zero attached hydrogens (tertiary/aromatic N) is 2. The number of thioether (sulfide) groups is 1. The van der Waals surface area contributed by atoms with Gasteiger partial charge in [-0.05, 0) is 30.5 Å². The Kier molecular flexibility index (Phi) is 8.06. The summed E-state index contributed by atoms with van der Waals surface area (Å²) in [5, 5.41) is 3.46. The first-order valence-corrected chi connectivity index (χ1v) is 10.1. The van der Waals surface area contributed by atoms with Gasteiger partial charge in [0.05, 0.1) is 0 Å². The highest BCUT2D eigenvalue weighted by molar-refractivity contribution is 14.0. The highest BCUT2D eigenvalue weighted by Gasteiger charge is 2.38. The van der Waals surface area contributed by atoms with Crippen molar-refractivity contribution in [3.8, 4) is 0 Å². The van der Waals surface area contributed by atoms with Gasteiger partial charge >= 0.3 is 0 Å². The van der Waals surface area contributed by atoms with Gasteiger partial charge in [-0.15, -0.1) is 24.0 Å². The molecule has 2 aliphatic rings. The van der Waals surface area contributed by atoms with Crippen LogP contribution in [0.2, 0.25) is 0 Å². The minimum absolute atomic E-state index is 0. The van der Waals surface area contributed by atoms with E-state index in [1.807, 2.05) is 25.2 Å². The highest BCUT2D eigenvalue weighted by Crippen LogP contribution is 2.42. The molecule has 1 aliphatic heterocycles. The summed E-state index contributed by atoms with van der Waals surface area (Å²) in [6.07, 6.45) is 6.74. The van der Waals surface area contributed by atoms with Crippen LogP contribution in [0.25, 0.3) is 0 Å². The van der Waals surface area contributed by atoms with Crippen LogP contribution in [0.5, 0.6) is 0 Å². The Morgan fingerprint density at radius 3 is 2.81 bits per heavy atom. The van der Waals surface area contributed by atoms with Crippen LogP contribution in [0.15, 0.2) is 29.3 Å². The van der Waals surface area contributed by atoms with E-state index in [-0.39, 0.29) is 24.0 Å². The maximum atomic E-state index is 11.3. The van der Waals surface area contributed by atoms with Gasteiger partial charge in [0.15, 0.2) is 5.96 Å². The summed E-state index contributed by atoms with van der Waals surface area (Å²) in [6.45, 7) is 2.76. The molecule has 0 aromatic heterocycles. The van der Waals surface area contributed by atoms with Crippen molar-refractivity contribution >= 4 is 47.6 Å². The average Bonchev–Trinajstić information content (AvgIpc) is 2.63. The van der Waals surface area contributed by atoms with Gasteiger partial charge in [-0.25, -0.2) is 0 Å². The molecule has 0 bridgehead atoms. The van der Waals surface area contributed by atoms with Crippen molar-refractivity contribution < 1.29 is 4.79 Å². The number of halogens is 1. The number of carbonyl (C=O) groups excluding carboxylic acids is 1. The van der Waals surface area contributed by atoms with Crippen molar-refractivity contribution in [2.75, 3.05) is 25.9 Å². The summed E-state index contributed by atoms with van der Waals surface area (Å²) in [5.41, 5.74) is 6.95. The van der Waals surface area contributed by atoms with E-state index in [1.54, 1.807) is 6.07 Å². The first kappa shape index (κ1) is 21.3. The minimum Gasteiger partial charge on any atom is -0.366 e. The van der Waals surface area contributed by atoms with Crippen LogP contribution in [-0.2, 0) is 6.54 Å². The zero-order valence-corrected chi connectivity index (χ0v) is 18.5. The number of primary amides is 1. The van der Waals surface area contributed by atoms with Crippen LogP contribution in [0.3, 0.4) is 0 Å². The van der Waals surface area contributed by atoms with Gasteiger partial charge in [0.1, 0.15) is 0 Å². The van der Waals surface area contributed by atoms with E-state index in [0.29, 0.717) is 16.9 Å². The van der Waals surface area contributed by atoms with Crippen LogP contribution in [0, 0.1) is 0 Å². The molecular weight excluding hydrogens is 459 g/mol. The standard InChI is InChI=1S/C19H28N4OS.HI/c1-21-18(22-13-15-6-5-7-16(12-15)17(20)24)23-10-11-25-19(14-23)8-3-2-4-9-19;/h5-7,12H,2-4,8-11,13-14H2,1H3,(H2,20,24)(H,21,22);1H. The minimum atomic E-state index is -0.390. The smallest absolute Gasteiger partial charge is 0.248 e. The Hall–Kier alpha value is -0.960. The first-order valence-electron chi connectivity index (χ1n) is 9.10. The third-order valence-corrected chi connectivity index (χ3v) is 6.72. The topological polar surface area (TPSA) is 70.7 Å². The highest BCUT2D eigenvalue weighted by atomic mass is 127. The molecule has 1 saturated carbocycles. The lowest BCUT2D eigenvalue weighted by molar-refractivity contribution is 0.1000. The molecule has 1 heterocycles. The largest absolute Gasteiger partial charge is 0.366 e. The molecule has 1 amide bonds. The van der Waals surface area contributed by atoms with Crippen LogP contribution in [0.1, 0.15) is 48.0 Å². The summed E-state index contributed by atoms with van der Waals surface area (Å²) in [5.74, 6) is 1.73. The zero-order chi connectivity index (χ0) is 17.7. The molecule has 5 nitrogen and oxygen atoms in total. The molecule has 0 unspecified atom stereocenters. The predicted molar refractivity (Wildman–Crippen MR) is 120 cm³/mol. The van der Waals surface area contributed by atoms with E-state index < -0.39 is 5.91 Å². The fraction of sp³-hybridized carbons (Fsp3) is 0.579. The fourth-order valence-electron chi connectivity index (χ4n) is 3.87. The molecule has 3 rings (SSSR count). The van der Waals surface area contributed by atoms with Gasteiger partial charge in [-0.3, -0.25) is 9.79 Å². The average molecular weight is 488 g/mol. The Bertz CT molecular complexity index is 641. The van der Waals surface area contributed by atoms with Crippen LogP contribution in [-0.4, -0.2) is 47.4 Å². The van der Waals surface area contributed by atoms with Crippen molar-refractivity contribution in [2.45, 2.75) is 43.4 Å². The summed E-state index contributed by atoms with van der Waals surface area (Å²) >= 11 is 2.16. The number of hydrogen-bond donors (Lipinski definition) is 2. The SMILES string of the molecule is CN=C(NCc1cccc(C(N)=O)c1)N1CCSC2(CCCCC2)C1.I. The molecule has 1 aromatic carbocycles. The number of benzene rings is 1. The van der Waals surface area contributed by atoms with Crippen molar-refractivity contribution in [1.29, 1.82) is 0 Å². The second kappa shape index (κ2) is 9.82. The predicted octanol–water partition coefficient (Wildman–Crippen LogP) is 3.23. The van der Waals surface area contributed by atoms with Gasteiger partial charge in [0.2, 0.25) is 5.91 Å². The molecule has 1 aromatic rings. The van der Waals surface area contributed by atoms with Crippen molar-refractivity contribution in [3.05, 3.63) is 35.4 Å². The maximum Gasteiger partial charge on any atom is 0.248 e. The van der Waals surface area contributed by atoms with E-state index in [2.05, 4.69) is 27.0 Å². The Morgan fingerprint density at radius 1 is 1.35 bits per heavy atom. The molecule has 1 spiro atoms. The number of aliphatic imine (C=N–C) groups is 1. The third-order valence-electron chi connectivity index (χ3n) is 5.19. The maximum absolute atomic E-state index is 11.3. The third kappa shape index (κ3) is 5.28. The molecular formula is C19H29IN4OS. The van der Waals surface area contributed by atoms with Gasteiger partial charge < -0.3 is 16.0 Å². The normalized spacial score (nSPS) is 19.7. The fourth-order valence-corrected chi connectivity index (χ4v) is 5.44. The Balaban J connectivity index is 0.00000243. The first-order chi connectivity index (χ1) is 12.1. The molecule has 1 aliphatic carbocycles. The second-order valence-electron chi connectivity index (χ2n) is 6.98. The number of rotatable bonds is 3. The van der Waals surface area contributed by atoms with Gasteiger partial charge in [-0.1, -0.05) is 31.4 Å². The molecule has 2 fully saturated rings. The summed E-state index contributed by atoms with van der Waals surface area (Å²) in [7, 11) is 1.84. The lowest BCUT2D eigenvalue weighted by atomic mass is 9.87. The van der Waals surface area contributed by atoms with Crippen LogP contribution in [0.4, 0.5) is 0 Å². The summed E-state index contributed by atoms with van der Waals surface area (Å²) in [4.78, 5) is 18.2. The summed E-state index contributed by atoms with van der Waals surface area (Å²) < 4.78 is 0.417. The van der Waals surface area contributed by atoms with Crippen molar-refractivity contribution in [3.63, 3.8) is 0 Å². The van der Waals surface area contributed by atoms with Crippen LogP contribution >= 0.6 is 35.7 Å². The van der Waals surface area contributed by atoms with Crippen molar-refractivity contribution in [2.24, 2.45) is 10.7 Å². The molecule has 144 valence electrons. The van der Waals surface area contributed by atoms with Gasteiger partial charge in [0, 0.05) is 42.7 Å². The lowest BCUT2D eigenvalue weighted by Gasteiger charge is -2.45. The summed E-state index contributed by atoms with van der Waals surface area (Å²) in [6, 6.07) is 7.46. The molecule has 1 saturated heterocycles. The molecule has 0 atom stereocenters. The van der Waals surface area contributed by atoms with E-state index in [9.17, 15) is 4.79 Å². The van der Waals surface area contributed by atoms with E-state index in [4.69, 9.17) is 5.73 Å². The number of nitrogens with two attached hydrogens (primary N) is 1. The molecule has 3 N–H and O–H groups in total. The van der Waals surface area contributed by atoms with Crippen molar-refractivity contribution in [1.82, 2.24) is 10.2 Å². The number of nitrogens with one attached hydrogen (secondary N) is 1. The quantitative estimate of drug-likeness (QED) is 0.390. The van der Waals surface area contributed by atoms with Gasteiger partial charge in [0.25, 0.3) is 0 Å². The Labute approximate surface area is 177 Å². The number of amides is 1. The Morgan fingerprint density at radius 2 is 2.12 bits per heavy atom. The number of hydrogen-bond acceptors (Lipinski definition) is 3. The number of carbonyl (C=O) groups is 1. The molecule has 0 radical (unpaired) electrons. The van der Waals surface area contributed by atoms with E-state index >= 15 is 0 Å². The van der Waals surface area contributed by atoms with E-state index in [0.717, 1.165) is 30.4 Å². The van der Waals surface area contributed by atoms with Gasteiger partial charge in [-0.2, -0.15) is 11.8 Å². The second-order valence-corrected chi connectivity index (χ2v) is 8.54. The monoisotopic (exact) mass is 488 g/mol. The molecule has 26 heavy (non-hydrogen) atoms. The van der Waals surface area contributed by atoms with E-state index in [1.165, 1.54) is 32.1 Å². The van der Waals surface area contributed by atoms with Crippen LogP contribution < -0.4 is 11.1 Å². The zero-order valence-electron chi connectivity index (χ0n) is 15.4. The molecule has 7 heteroatoms.